The number of phosphoric acid groups is 1. The number of allylic oxidation sites excluding steroid dienone is 1. The first-order valence-electron chi connectivity index (χ1n) is 20.7. The van der Waals surface area contributed by atoms with Gasteiger partial charge in [-0.05, 0) is 25.3 Å². The minimum Gasteiger partial charge on any atom is -0.498 e. The second-order valence-corrected chi connectivity index (χ2v) is 15.4. The van der Waals surface area contributed by atoms with E-state index in [1.807, 2.05) is 6.08 Å². The van der Waals surface area contributed by atoms with E-state index in [2.05, 4.69) is 13.8 Å². The monoisotopic (exact) mass is 718 g/mol. The maximum atomic E-state index is 12.5. The highest BCUT2D eigenvalue weighted by Crippen LogP contribution is 2.43. The molecule has 292 valence electrons. The van der Waals surface area contributed by atoms with Crippen LogP contribution in [-0.4, -0.2) is 43.3 Å². The Kier molecular flexibility index (Phi) is 37.6. The van der Waals surface area contributed by atoms with Gasteiger partial charge in [0, 0.05) is 13.0 Å². The van der Waals surface area contributed by atoms with Gasteiger partial charge in [0.05, 0.1) is 19.5 Å². The van der Waals surface area contributed by atoms with Crippen molar-refractivity contribution in [2.45, 2.75) is 213 Å². The summed E-state index contributed by atoms with van der Waals surface area (Å²) in [6, 6.07) is 0. The Labute approximate surface area is 303 Å². The molecule has 0 aromatic carbocycles. The predicted octanol–water partition coefficient (Wildman–Crippen LogP) is 12.3. The molecule has 0 saturated heterocycles. The maximum absolute atomic E-state index is 12.5. The molecule has 0 radical (unpaired) electrons. The Balaban J connectivity index is 4.06. The summed E-state index contributed by atoms with van der Waals surface area (Å²) >= 11 is 0. The van der Waals surface area contributed by atoms with Gasteiger partial charge in [0.2, 0.25) is 0 Å². The van der Waals surface area contributed by atoms with Crippen LogP contribution in [0.2, 0.25) is 0 Å². The van der Waals surface area contributed by atoms with Crippen LogP contribution < -0.4 is 5.73 Å². The Morgan fingerprint density at radius 2 is 1.02 bits per heavy atom. The fourth-order valence-electron chi connectivity index (χ4n) is 5.96. The molecule has 0 amide bonds. The average Bonchev–Trinajstić information content (AvgIpc) is 3.09. The fraction of sp³-hybridized carbons (Fsp3) is 0.925. The first-order chi connectivity index (χ1) is 23.9. The zero-order chi connectivity index (χ0) is 35.9. The molecule has 2 atom stereocenters. The SMILES string of the molecule is CCCCCCCCCCCCCC/C=C/OC[C@H](COP(=O)(O)OCCN)OC(=O)CCCCCCCCCCCCCCCCCC. The quantitative estimate of drug-likeness (QED) is 0.0278. The number of hydrogen-bond donors (Lipinski definition) is 2. The average molecular weight is 718 g/mol. The molecule has 1 unspecified atom stereocenters. The second kappa shape index (κ2) is 38.3. The highest BCUT2D eigenvalue weighted by atomic mass is 31.2. The summed E-state index contributed by atoms with van der Waals surface area (Å²) in [6.07, 6.45) is 40.3. The number of phosphoric ester groups is 1. The number of carbonyl (C=O) groups excluding carboxylic acids is 1. The Bertz CT molecular complexity index is 767. The zero-order valence-electron chi connectivity index (χ0n) is 32.2. The van der Waals surface area contributed by atoms with Crippen molar-refractivity contribution in [3.8, 4) is 0 Å². The van der Waals surface area contributed by atoms with Gasteiger partial charge in [0.1, 0.15) is 6.61 Å². The van der Waals surface area contributed by atoms with Crippen LogP contribution >= 0.6 is 7.82 Å². The lowest BCUT2D eigenvalue weighted by Gasteiger charge is -2.19. The van der Waals surface area contributed by atoms with E-state index < -0.39 is 13.9 Å². The molecule has 0 heterocycles. The number of hydrogen-bond acceptors (Lipinski definition) is 7. The number of rotatable bonds is 40. The molecule has 0 bridgehead atoms. The number of carbonyl (C=O) groups is 1. The molecule has 49 heavy (non-hydrogen) atoms. The molecule has 0 rings (SSSR count). The molecule has 0 aromatic rings. The van der Waals surface area contributed by atoms with E-state index in [-0.39, 0.29) is 32.3 Å². The molecule has 0 aliphatic rings. The molecule has 3 N–H and O–H groups in total. The summed E-state index contributed by atoms with van der Waals surface area (Å²) in [4.78, 5) is 22.4. The first-order valence-corrected chi connectivity index (χ1v) is 22.2. The van der Waals surface area contributed by atoms with E-state index in [1.165, 1.54) is 154 Å². The first kappa shape index (κ1) is 48.1. The molecule has 9 heteroatoms. The van der Waals surface area contributed by atoms with E-state index in [0.717, 1.165) is 32.1 Å². The van der Waals surface area contributed by atoms with E-state index in [0.29, 0.717) is 6.42 Å². The van der Waals surface area contributed by atoms with Crippen molar-refractivity contribution in [2.75, 3.05) is 26.4 Å². The van der Waals surface area contributed by atoms with Gasteiger partial charge in [-0.1, -0.05) is 181 Å². The topological polar surface area (TPSA) is 117 Å². The number of ether oxygens (including phenoxy) is 2. The normalized spacial score (nSPS) is 13.6. The zero-order valence-corrected chi connectivity index (χ0v) is 33.1. The van der Waals surface area contributed by atoms with Crippen LogP contribution in [0.1, 0.15) is 206 Å². The fourth-order valence-corrected chi connectivity index (χ4v) is 6.73. The Hall–Kier alpha value is -0.920. The molecule has 0 saturated carbocycles. The Morgan fingerprint density at radius 1 is 0.612 bits per heavy atom. The Morgan fingerprint density at radius 3 is 1.45 bits per heavy atom. The van der Waals surface area contributed by atoms with E-state index in [1.54, 1.807) is 6.26 Å². The minimum absolute atomic E-state index is 0.0382. The van der Waals surface area contributed by atoms with E-state index in [4.69, 9.17) is 24.3 Å². The summed E-state index contributed by atoms with van der Waals surface area (Å²) in [5.74, 6) is -0.348. The van der Waals surface area contributed by atoms with Gasteiger partial charge < -0.3 is 20.1 Å². The van der Waals surface area contributed by atoms with E-state index in [9.17, 15) is 14.3 Å². The molecule has 0 aliphatic carbocycles. The summed E-state index contributed by atoms with van der Waals surface area (Å²) in [5.41, 5.74) is 5.35. The largest absolute Gasteiger partial charge is 0.498 e. The van der Waals surface area contributed by atoms with Crippen molar-refractivity contribution < 1.29 is 32.8 Å². The number of esters is 1. The highest BCUT2D eigenvalue weighted by molar-refractivity contribution is 7.47. The van der Waals surface area contributed by atoms with Crippen LogP contribution in [0.4, 0.5) is 0 Å². The van der Waals surface area contributed by atoms with E-state index >= 15 is 0 Å². The molecule has 8 nitrogen and oxygen atoms in total. The third-order valence-electron chi connectivity index (χ3n) is 9.03. The summed E-state index contributed by atoms with van der Waals surface area (Å²) in [6.45, 7) is 4.27. The van der Waals surface area contributed by atoms with Crippen molar-refractivity contribution >= 4 is 13.8 Å². The van der Waals surface area contributed by atoms with Crippen LogP contribution in [0.15, 0.2) is 12.3 Å². The lowest BCUT2D eigenvalue weighted by molar-refractivity contribution is -0.153. The van der Waals surface area contributed by atoms with Crippen molar-refractivity contribution in [3.05, 3.63) is 12.3 Å². The van der Waals surface area contributed by atoms with Gasteiger partial charge >= 0.3 is 13.8 Å². The van der Waals surface area contributed by atoms with Crippen molar-refractivity contribution in [3.63, 3.8) is 0 Å². The molecule has 0 aliphatic heterocycles. The van der Waals surface area contributed by atoms with Crippen LogP contribution in [-0.2, 0) is 27.9 Å². The van der Waals surface area contributed by atoms with Gasteiger partial charge in [-0.2, -0.15) is 0 Å². The molecule has 0 aromatic heterocycles. The molecule has 0 spiro atoms. The lowest BCUT2D eigenvalue weighted by Crippen LogP contribution is -2.27. The van der Waals surface area contributed by atoms with Gasteiger partial charge in [-0.3, -0.25) is 13.8 Å². The van der Waals surface area contributed by atoms with Crippen LogP contribution in [0.5, 0.6) is 0 Å². The lowest BCUT2D eigenvalue weighted by atomic mass is 10.0. The minimum atomic E-state index is -4.28. The number of nitrogens with two attached hydrogens (primary N) is 1. The molecule has 0 fully saturated rings. The summed E-state index contributed by atoms with van der Waals surface area (Å²) in [7, 11) is -4.28. The molecular formula is C40H80NO7P. The summed E-state index contributed by atoms with van der Waals surface area (Å²) < 4.78 is 33.1. The van der Waals surface area contributed by atoms with Crippen LogP contribution in [0.25, 0.3) is 0 Å². The molecular weight excluding hydrogens is 637 g/mol. The standard InChI is InChI=1S/C40H80NO7P/c1-3-5-7-9-11-13-15-17-19-20-21-23-25-27-29-31-33-40(42)48-39(38-47-49(43,44)46-36-34-41)37-45-35-32-30-28-26-24-22-18-16-14-12-10-8-6-4-2/h32,35,39H,3-31,33-34,36-38,41H2,1-2H3,(H,43,44)/b35-32+/t39-/m1/s1. The van der Waals surface area contributed by atoms with Gasteiger partial charge in [-0.25, -0.2) is 4.57 Å². The predicted molar refractivity (Wildman–Crippen MR) is 206 cm³/mol. The maximum Gasteiger partial charge on any atom is 0.472 e. The van der Waals surface area contributed by atoms with Crippen molar-refractivity contribution in [1.82, 2.24) is 0 Å². The second-order valence-electron chi connectivity index (χ2n) is 13.9. The van der Waals surface area contributed by atoms with Gasteiger partial charge in [0.25, 0.3) is 0 Å². The highest BCUT2D eigenvalue weighted by Gasteiger charge is 2.25. The third-order valence-corrected chi connectivity index (χ3v) is 10.0. The van der Waals surface area contributed by atoms with Gasteiger partial charge in [-0.15, -0.1) is 0 Å². The van der Waals surface area contributed by atoms with Crippen LogP contribution in [0, 0.1) is 0 Å². The third kappa shape index (κ3) is 38.1. The van der Waals surface area contributed by atoms with Crippen LogP contribution in [0.3, 0.4) is 0 Å². The van der Waals surface area contributed by atoms with Crippen molar-refractivity contribution in [1.29, 1.82) is 0 Å². The smallest absolute Gasteiger partial charge is 0.472 e. The van der Waals surface area contributed by atoms with Crippen molar-refractivity contribution in [2.24, 2.45) is 5.73 Å². The number of unbranched alkanes of at least 4 members (excludes halogenated alkanes) is 27. The van der Waals surface area contributed by atoms with Gasteiger partial charge in [0.15, 0.2) is 6.10 Å². The summed E-state index contributed by atoms with van der Waals surface area (Å²) in [5, 5.41) is 0.